The molecule has 0 aliphatic heterocycles. The molecule has 0 saturated carbocycles. The molecular weight excluding hydrogens is 557 g/mol. The number of amides is 2. The number of carbonyl (C=O) groups is 2. The van der Waals surface area contributed by atoms with Crippen LogP contribution in [0.2, 0.25) is 0 Å². The lowest BCUT2D eigenvalue weighted by atomic mass is 10.0. The van der Waals surface area contributed by atoms with Crippen LogP contribution in [0.1, 0.15) is 44.2 Å². The van der Waals surface area contributed by atoms with E-state index in [2.05, 4.69) is 5.32 Å². The number of para-hydroxylation sites is 2. The smallest absolute Gasteiger partial charge is 0.243 e. The molecule has 226 valence electrons. The van der Waals surface area contributed by atoms with Crippen LogP contribution in [0.3, 0.4) is 0 Å². The van der Waals surface area contributed by atoms with Crippen LogP contribution in [-0.4, -0.2) is 57.1 Å². The second-order valence-electron chi connectivity index (χ2n) is 10.3. The fourth-order valence-electron chi connectivity index (χ4n) is 4.60. The van der Waals surface area contributed by atoms with E-state index in [0.717, 1.165) is 18.2 Å². The predicted molar refractivity (Wildman–Crippen MR) is 163 cm³/mol. The van der Waals surface area contributed by atoms with Crippen LogP contribution in [0.5, 0.6) is 5.75 Å². The molecule has 0 fully saturated rings. The predicted octanol–water partition coefficient (Wildman–Crippen LogP) is 4.94. The molecule has 42 heavy (non-hydrogen) atoms. The fourth-order valence-corrected chi connectivity index (χ4v) is 5.57. The summed E-state index contributed by atoms with van der Waals surface area (Å²) in [5.74, 6) is -0.593. The first-order valence-corrected chi connectivity index (χ1v) is 15.9. The number of hydrogen-bond donors (Lipinski definition) is 1. The van der Waals surface area contributed by atoms with Gasteiger partial charge < -0.3 is 15.0 Å². The molecular formula is C32H40FN3O5S. The molecule has 10 heteroatoms. The van der Waals surface area contributed by atoms with Gasteiger partial charge in [0.15, 0.2) is 0 Å². The van der Waals surface area contributed by atoms with Gasteiger partial charge in [-0.2, -0.15) is 0 Å². The van der Waals surface area contributed by atoms with Gasteiger partial charge in [0.05, 0.1) is 19.1 Å². The van der Waals surface area contributed by atoms with Crippen molar-refractivity contribution in [1.29, 1.82) is 0 Å². The highest BCUT2D eigenvalue weighted by molar-refractivity contribution is 7.92. The van der Waals surface area contributed by atoms with Gasteiger partial charge in [-0.25, -0.2) is 12.8 Å². The van der Waals surface area contributed by atoms with Crippen molar-refractivity contribution in [2.75, 3.05) is 24.2 Å². The number of methoxy groups -OCH3 is 1. The van der Waals surface area contributed by atoms with Gasteiger partial charge in [-0.1, -0.05) is 61.5 Å². The highest BCUT2D eigenvalue weighted by Crippen LogP contribution is 2.30. The minimum atomic E-state index is -3.68. The van der Waals surface area contributed by atoms with Crippen LogP contribution in [-0.2, 0) is 32.6 Å². The van der Waals surface area contributed by atoms with E-state index in [1.54, 1.807) is 36.4 Å². The summed E-state index contributed by atoms with van der Waals surface area (Å²) >= 11 is 0. The topological polar surface area (TPSA) is 96.0 Å². The number of hydrogen-bond acceptors (Lipinski definition) is 5. The van der Waals surface area contributed by atoms with Crippen LogP contribution < -0.4 is 14.4 Å². The first-order chi connectivity index (χ1) is 20.0. The zero-order valence-corrected chi connectivity index (χ0v) is 25.4. The van der Waals surface area contributed by atoms with E-state index in [9.17, 15) is 22.4 Å². The zero-order valence-electron chi connectivity index (χ0n) is 24.6. The number of rotatable bonds is 15. The molecule has 2 amide bonds. The van der Waals surface area contributed by atoms with Crippen molar-refractivity contribution in [2.45, 2.75) is 58.2 Å². The van der Waals surface area contributed by atoms with Crippen LogP contribution in [0, 0.1) is 5.82 Å². The minimum absolute atomic E-state index is 0.00966. The van der Waals surface area contributed by atoms with E-state index in [4.69, 9.17) is 4.74 Å². The number of halogens is 1. The molecule has 2 atom stereocenters. The Balaban J connectivity index is 1.90. The average Bonchev–Trinajstić information content (AvgIpc) is 2.97. The summed E-state index contributed by atoms with van der Waals surface area (Å²) < 4.78 is 45.7. The van der Waals surface area contributed by atoms with Crippen molar-refractivity contribution in [3.63, 3.8) is 0 Å². The molecule has 3 rings (SSSR count). The van der Waals surface area contributed by atoms with Crippen molar-refractivity contribution in [1.82, 2.24) is 10.2 Å². The maximum atomic E-state index is 13.9. The van der Waals surface area contributed by atoms with Crippen LogP contribution in [0.15, 0.2) is 78.9 Å². The number of nitrogens with zero attached hydrogens (tertiary/aromatic N) is 2. The third-order valence-electron chi connectivity index (χ3n) is 7.04. The number of ether oxygens (including phenoxy) is 1. The quantitative estimate of drug-likeness (QED) is 0.268. The summed E-state index contributed by atoms with van der Waals surface area (Å²) in [6.45, 7) is 4.00. The van der Waals surface area contributed by atoms with Gasteiger partial charge in [0.2, 0.25) is 21.8 Å². The lowest BCUT2D eigenvalue weighted by Crippen LogP contribution is -2.52. The molecule has 8 nitrogen and oxygen atoms in total. The molecule has 1 N–H and O–H groups in total. The van der Waals surface area contributed by atoms with Crippen LogP contribution in [0.25, 0.3) is 0 Å². The van der Waals surface area contributed by atoms with E-state index in [1.165, 1.54) is 28.4 Å². The van der Waals surface area contributed by atoms with Gasteiger partial charge in [-0.3, -0.25) is 13.9 Å². The fraction of sp³-hybridized carbons (Fsp3) is 0.375. The first-order valence-electron chi connectivity index (χ1n) is 14.0. The maximum absolute atomic E-state index is 13.9. The molecule has 0 bridgehead atoms. The Morgan fingerprint density at radius 1 is 0.952 bits per heavy atom. The van der Waals surface area contributed by atoms with Gasteiger partial charge in [-0.05, 0) is 55.2 Å². The molecule has 3 aromatic carbocycles. The SMILES string of the molecule is CCC(C)NC(=O)C(Cc1ccccc1)N(Cc1ccc(F)cc1)C(=O)CCCN(c1ccccc1OC)S(C)(=O)=O. The highest BCUT2D eigenvalue weighted by atomic mass is 32.2. The third kappa shape index (κ3) is 9.30. The van der Waals surface area contributed by atoms with Crippen molar-refractivity contribution in [3.05, 3.63) is 95.8 Å². The summed E-state index contributed by atoms with van der Waals surface area (Å²) in [4.78, 5) is 29.0. The maximum Gasteiger partial charge on any atom is 0.243 e. The van der Waals surface area contributed by atoms with Crippen molar-refractivity contribution in [2.24, 2.45) is 0 Å². The molecule has 0 radical (unpaired) electrons. The Bertz CT molecular complexity index is 1420. The Morgan fingerprint density at radius 2 is 1.60 bits per heavy atom. The average molecular weight is 598 g/mol. The van der Waals surface area contributed by atoms with Crippen molar-refractivity contribution < 1.29 is 27.1 Å². The summed E-state index contributed by atoms with van der Waals surface area (Å²) in [5.41, 5.74) is 1.94. The third-order valence-corrected chi connectivity index (χ3v) is 8.22. The minimum Gasteiger partial charge on any atom is -0.495 e. The lowest BCUT2D eigenvalue weighted by molar-refractivity contribution is -0.141. The number of nitrogens with one attached hydrogen (secondary N) is 1. The molecule has 3 aromatic rings. The largest absolute Gasteiger partial charge is 0.495 e. The van der Waals surface area contributed by atoms with E-state index in [-0.39, 0.29) is 50.2 Å². The first kappa shape index (κ1) is 32.6. The summed E-state index contributed by atoms with van der Waals surface area (Å²) in [5, 5.41) is 3.01. The zero-order chi connectivity index (χ0) is 30.7. The van der Waals surface area contributed by atoms with E-state index < -0.39 is 21.9 Å². The van der Waals surface area contributed by atoms with E-state index in [0.29, 0.717) is 17.0 Å². The normalized spacial score (nSPS) is 12.7. The van der Waals surface area contributed by atoms with E-state index >= 15 is 0 Å². The molecule has 0 aromatic heterocycles. The number of sulfonamides is 1. The summed E-state index contributed by atoms with van der Waals surface area (Å²) in [6, 6.07) is 21.1. The number of benzene rings is 3. The van der Waals surface area contributed by atoms with Gasteiger partial charge in [0.25, 0.3) is 0 Å². The molecule has 0 saturated heterocycles. The van der Waals surface area contributed by atoms with Gasteiger partial charge in [-0.15, -0.1) is 0 Å². The van der Waals surface area contributed by atoms with E-state index in [1.807, 2.05) is 44.2 Å². The van der Waals surface area contributed by atoms with Crippen LogP contribution >= 0.6 is 0 Å². The van der Waals surface area contributed by atoms with Crippen LogP contribution in [0.4, 0.5) is 10.1 Å². The Hall–Kier alpha value is -3.92. The summed E-state index contributed by atoms with van der Waals surface area (Å²) in [7, 11) is -2.21. The Morgan fingerprint density at radius 3 is 2.21 bits per heavy atom. The molecule has 0 spiro atoms. The summed E-state index contributed by atoms with van der Waals surface area (Å²) in [6.07, 6.45) is 2.31. The Labute approximate surface area is 248 Å². The second-order valence-corrected chi connectivity index (χ2v) is 12.2. The molecule has 2 unspecified atom stereocenters. The molecule has 0 aliphatic carbocycles. The van der Waals surface area contributed by atoms with Crippen molar-refractivity contribution >= 4 is 27.5 Å². The Kier molecular flexibility index (Phi) is 11.9. The molecule has 0 heterocycles. The van der Waals surface area contributed by atoms with Gasteiger partial charge in [0.1, 0.15) is 17.6 Å². The monoisotopic (exact) mass is 597 g/mol. The standard InChI is InChI=1S/C32H40FN3O5S/c1-5-24(2)34-32(38)29(22-25-12-7-6-8-13-25)35(23-26-17-19-27(33)20-18-26)31(37)16-11-21-36(42(4,39)40)28-14-9-10-15-30(28)41-3/h6-10,12-15,17-20,24,29H,5,11,16,21-23H2,1-4H3,(H,34,38). The second kappa shape index (κ2) is 15.3. The molecule has 0 aliphatic rings. The number of carbonyl (C=O) groups excluding carboxylic acids is 2. The van der Waals surface area contributed by atoms with Crippen molar-refractivity contribution in [3.8, 4) is 5.75 Å². The highest BCUT2D eigenvalue weighted by Gasteiger charge is 2.31. The lowest BCUT2D eigenvalue weighted by Gasteiger charge is -2.32. The van der Waals surface area contributed by atoms with Gasteiger partial charge in [0, 0.05) is 32.0 Å². The van der Waals surface area contributed by atoms with Gasteiger partial charge >= 0.3 is 0 Å². The number of anilines is 1.